The molecule has 0 spiro atoms. The molecule has 1 aliphatic rings. The minimum atomic E-state index is 0.193. The van der Waals surface area contributed by atoms with E-state index in [2.05, 4.69) is 48.0 Å². The van der Waals surface area contributed by atoms with Crippen molar-refractivity contribution in [3.05, 3.63) is 59.8 Å². The van der Waals surface area contributed by atoms with E-state index in [-0.39, 0.29) is 6.10 Å². The monoisotopic (exact) mass is 278 g/mol. The molecule has 3 aromatic rings. The van der Waals surface area contributed by atoms with E-state index in [9.17, 15) is 0 Å². The molecule has 4 rings (SSSR count). The van der Waals surface area contributed by atoms with Crippen LogP contribution in [0.1, 0.15) is 11.1 Å². The molecule has 2 N–H and O–H groups in total. The molecule has 2 aromatic carbocycles. The van der Waals surface area contributed by atoms with Gasteiger partial charge in [-0.25, -0.2) is 0 Å². The minimum absolute atomic E-state index is 0.193. The smallest absolute Gasteiger partial charge is 0.123 e. The highest BCUT2D eigenvalue weighted by atomic mass is 16.5. The number of nitrogens with two attached hydrogens (primary N) is 1. The number of hydrogen-bond donors (Lipinski definition) is 1. The SMILES string of the molecule is Cc1ccc2c(c1)CC(Cn1ccc3ccc(N)cc31)O2. The van der Waals surface area contributed by atoms with Crippen LogP contribution in [-0.2, 0) is 13.0 Å². The van der Waals surface area contributed by atoms with Crippen LogP contribution >= 0.6 is 0 Å². The van der Waals surface area contributed by atoms with Gasteiger partial charge in [0.05, 0.1) is 12.1 Å². The highest BCUT2D eigenvalue weighted by molar-refractivity contribution is 5.83. The Kier molecular flexibility index (Phi) is 2.67. The number of rotatable bonds is 2. The van der Waals surface area contributed by atoms with Crippen LogP contribution in [0, 0.1) is 6.92 Å². The van der Waals surface area contributed by atoms with E-state index >= 15 is 0 Å². The first-order valence-electron chi connectivity index (χ1n) is 7.29. The number of aryl methyl sites for hydroxylation is 1. The van der Waals surface area contributed by atoms with Gasteiger partial charge in [-0.2, -0.15) is 0 Å². The van der Waals surface area contributed by atoms with Crippen molar-refractivity contribution in [3.8, 4) is 5.75 Å². The van der Waals surface area contributed by atoms with E-state index in [1.165, 1.54) is 22.0 Å². The first-order valence-corrected chi connectivity index (χ1v) is 7.29. The van der Waals surface area contributed by atoms with Crippen LogP contribution in [0.25, 0.3) is 10.9 Å². The lowest BCUT2D eigenvalue weighted by Gasteiger charge is -2.13. The van der Waals surface area contributed by atoms with Crippen molar-refractivity contribution in [3.63, 3.8) is 0 Å². The van der Waals surface area contributed by atoms with Gasteiger partial charge in [-0.3, -0.25) is 0 Å². The van der Waals surface area contributed by atoms with Crippen molar-refractivity contribution in [2.24, 2.45) is 0 Å². The number of fused-ring (bicyclic) bond motifs is 2. The number of ether oxygens (including phenoxy) is 1. The van der Waals surface area contributed by atoms with Crippen molar-refractivity contribution < 1.29 is 4.74 Å². The van der Waals surface area contributed by atoms with Crippen LogP contribution in [0.2, 0.25) is 0 Å². The molecule has 3 heteroatoms. The summed E-state index contributed by atoms with van der Waals surface area (Å²) >= 11 is 0. The molecule has 0 saturated carbocycles. The first kappa shape index (κ1) is 12.3. The van der Waals surface area contributed by atoms with Crippen molar-refractivity contribution in [1.29, 1.82) is 0 Å². The average molecular weight is 278 g/mol. The summed E-state index contributed by atoms with van der Waals surface area (Å²) in [6.45, 7) is 2.97. The van der Waals surface area contributed by atoms with Crippen LogP contribution in [0.3, 0.4) is 0 Å². The zero-order valence-corrected chi connectivity index (χ0v) is 12.0. The summed E-state index contributed by atoms with van der Waals surface area (Å²) in [6, 6.07) is 14.6. The van der Waals surface area contributed by atoms with Gasteiger partial charge in [0.25, 0.3) is 0 Å². The first-order chi connectivity index (χ1) is 10.2. The maximum absolute atomic E-state index is 6.06. The number of nitrogens with zero attached hydrogens (tertiary/aromatic N) is 1. The largest absolute Gasteiger partial charge is 0.488 e. The number of hydrogen-bond acceptors (Lipinski definition) is 2. The lowest BCUT2D eigenvalue weighted by Crippen LogP contribution is -2.20. The van der Waals surface area contributed by atoms with E-state index in [0.29, 0.717) is 0 Å². The Balaban J connectivity index is 1.61. The van der Waals surface area contributed by atoms with Crippen molar-refractivity contribution in [2.45, 2.75) is 26.0 Å². The van der Waals surface area contributed by atoms with Gasteiger partial charge in [0, 0.05) is 18.3 Å². The second kappa shape index (κ2) is 4.55. The number of aromatic nitrogens is 1. The van der Waals surface area contributed by atoms with Crippen molar-refractivity contribution in [1.82, 2.24) is 4.57 Å². The molecule has 0 saturated heterocycles. The van der Waals surface area contributed by atoms with Crippen LogP contribution in [0.4, 0.5) is 5.69 Å². The van der Waals surface area contributed by atoms with Crippen LogP contribution in [0.15, 0.2) is 48.7 Å². The Labute approximate surface area is 123 Å². The molecule has 0 bridgehead atoms. The van der Waals surface area contributed by atoms with Gasteiger partial charge in [-0.1, -0.05) is 23.8 Å². The summed E-state index contributed by atoms with van der Waals surface area (Å²) in [4.78, 5) is 0. The lowest BCUT2D eigenvalue weighted by atomic mass is 10.1. The summed E-state index contributed by atoms with van der Waals surface area (Å²) < 4.78 is 8.29. The Morgan fingerprint density at radius 2 is 2.10 bits per heavy atom. The quantitative estimate of drug-likeness (QED) is 0.728. The Morgan fingerprint density at radius 1 is 1.19 bits per heavy atom. The molecule has 0 fully saturated rings. The number of nitrogen functional groups attached to an aromatic ring is 1. The number of anilines is 1. The third-order valence-corrected chi connectivity index (χ3v) is 4.16. The summed E-state index contributed by atoms with van der Waals surface area (Å²) in [6.07, 6.45) is 3.28. The molecule has 3 nitrogen and oxygen atoms in total. The van der Waals surface area contributed by atoms with Crippen molar-refractivity contribution in [2.75, 3.05) is 5.73 Å². The lowest BCUT2D eigenvalue weighted by molar-refractivity contribution is 0.211. The summed E-state index contributed by atoms with van der Waals surface area (Å²) in [7, 11) is 0. The molecular weight excluding hydrogens is 260 g/mol. The normalized spacial score (nSPS) is 16.9. The molecule has 0 radical (unpaired) electrons. The zero-order valence-electron chi connectivity index (χ0n) is 12.0. The summed E-state index contributed by atoms with van der Waals surface area (Å²) in [5, 5.41) is 1.22. The molecule has 2 heterocycles. The number of benzene rings is 2. The second-order valence-electron chi connectivity index (χ2n) is 5.84. The minimum Gasteiger partial charge on any atom is -0.488 e. The topological polar surface area (TPSA) is 40.2 Å². The van der Waals surface area contributed by atoms with E-state index in [1.54, 1.807) is 0 Å². The van der Waals surface area contributed by atoms with E-state index < -0.39 is 0 Å². The van der Waals surface area contributed by atoms with Crippen LogP contribution < -0.4 is 10.5 Å². The Morgan fingerprint density at radius 3 is 3.00 bits per heavy atom. The fourth-order valence-electron chi connectivity index (χ4n) is 3.13. The maximum Gasteiger partial charge on any atom is 0.123 e. The van der Waals surface area contributed by atoms with Gasteiger partial charge >= 0.3 is 0 Å². The predicted molar refractivity (Wildman–Crippen MR) is 85.6 cm³/mol. The van der Waals surface area contributed by atoms with Gasteiger partial charge in [-0.05, 0) is 42.1 Å². The zero-order chi connectivity index (χ0) is 14.4. The predicted octanol–water partition coefficient (Wildman–Crippen LogP) is 3.54. The maximum atomic E-state index is 6.06. The van der Waals surface area contributed by atoms with Gasteiger partial charge in [-0.15, -0.1) is 0 Å². The van der Waals surface area contributed by atoms with E-state index in [1.807, 2.05) is 12.1 Å². The summed E-state index contributed by atoms with van der Waals surface area (Å²) in [5.41, 5.74) is 10.5. The molecule has 1 aliphatic heterocycles. The fraction of sp³-hybridized carbons (Fsp3) is 0.222. The second-order valence-corrected chi connectivity index (χ2v) is 5.84. The van der Waals surface area contributed by atoms with E-state index in [4.69, 9.17) is 10.5 Å². The molecule has 106 valence electrons. The molecule has 1 atom stereocenters. The van der Waals surface area contributed by atoms with Gasteiger partial charge < -0.3 is 15.0 Å². The molecule has 0 amide bonds. The van der Waals surface area contributed by atoms with Crippen molar-refractivity contribution >= 4 is 16.6 Å². The molecular formula is C18H18N2O. The third kappa shape index (κ3) is 2.15. The van der Waals surface area contributed by atoms with E-state index in [0.717, 1.165) is 24.4 Å². The molecule has 21 heavy (non-hydrogen) atoms. The fourth-order valence-corrected chi connectivity index (χ4v) is 3.13. The highest BCUT2D eigenvalue weighted by Crippen LogP contribution is 2.30. The Bertz CT molecular complexity index is 819. The van der Waals surface area contributed by atoms with Crippen LogP contribution in [-0.4, -0.2) is 10.7 Å². The highest BCUT2D eigenvalue weighted by Gasteiger charge is 2.23. The van der Waals surface area contributed by atoms with Gasteiger partial charge in [0.1, 0.15) is 11.9 Å². The van der Waals surface area contributed by atoms with Gasteiger partial charge in [0.15, 0.2) is 0 Å². The summed E-state index contributed by atoms with van der Waals surface area (Å²) in [5.74, 6) is 1.03. The third-order valence-electron chi connectivity index (χ3n) is 4.16. The van der Waals surface area contributed by atoms with Crippen LogP contribution in [0.5, 0.6) is 5.75 Å². The van der Waals surface area contributed by atoms with Gasteiger partial charge in [0.2, 0.25) is 0 Å². The average Bonchev–Trinajstić information content (AvgIpc) is 3.02. The molecule has 1 aromatic heterocycles. The standard InChI is InChI=1S/C18H18N2O/c1-12-2-5-18-14(8-12)9-16(21-18)11-20-7-6-13-3-4-15(19)10-17(13)20/h2-8,10,16H,9,11,19H2,1H3. The molecule has 0 aliphatic carbocycles. The molecule has 1 unspecified atom stereocenters. The Hall–Kier alpha value is -2.42.